The van der Waals surface area contributed by atoms with Gasteiger partial charge in [0, 0.05) is 29.7 Å². The number of carboxylic acid groups (broad SMARTS) is 1. The number of rotatable bonds is 8. The van der Waals surface area contributed by atoms with Crippen molar-refractivity contribution in [2.24, 2.45) is 0 Å². The molecule has 3 aromatic carbocycles. The SMILES string of the molecule is Cc1ccc2c(c1)c(C(=O)Nc1cc(C(=O)Nc3ccc(F)cc3CC(=O)O)ccc1N1CCCCC1)nn2CC(F)(F)F. The molecule has 9 nitrogen and oxygen atoms in total. The molecule has 44 heavy (non-hydrogen) atoms. The van der Waals surface area contributed by atoms with Crippen LogP contribution in [0.15, 0.2) is 54.6 Å². The van der Waals surface area contributed by atoms with E-state index in [1.54, 1.807) is 31.2 Å². The molecule has 0 spiro atoms. The summed E-state index contributed by atoms with van der Waals surface area (Å²) in [6.07, 6.45) is -2.21. The van der Waals surface area contributed by atoms with Crippen LogP contribution in [0.4, 0.5) is 34.6 Å². The molecule has 0 radical (unpaired) electrons. The molecule has 0 atom stereocenters. The third kappa shape index (κ3) is 6.99. The second kappa shape index (κ2) is 12.3. The average Bonchev–Trinajstić information content (AvgIpc) is 3.30. The number of fused-ring (bicyclic) bond motifs is 1. The number of hydrogen-bond acceptors (Lipinski definition) is 5. The second-order valence-electron chi connectivity index (χ2n) is 10.7. The number of aryl methyl sites for hydroxylation is 1. The molecule has 3 N–H and O–H groups in total. The normalized spacial score (nSPS) is 13.6. The van der Waals surface area contributed by atoms with Crippen molar-refractivity contribution in [3.63, 3.8) is 0 Å². The minimum atomic E-state index is -4.56. The number of aromatic nitrogens is 2. The van der Waals surface area contributed by atoms with Crippen molar-refractivity contribution in [2.45, 2.75) is 45.3 Å². The van der Waals surface area contributed by atoms with Gasteiger partial charge in [-0.05, 0) is 80.3 Å². The monoisotopic (exact) mass is 611 g/mol. The van der Waals surface area contributed by atoms with E-state index in [9.17, 15) is 37.1 Å². The molecule has 4 aromatic rings. The Kier molecular flexibility index (Phi) is 8.56. The summed E-state index contributed by atoms with van der Waals surface area (Å²) in [6.45, 7) is 1.78. The first-order valence-corrected chi connectivity index (χ1v) is 13.9. The van der Waals surface area contributed by atoms with Gasteiger partial charge in [0.05, 0.1) is 23.3 Å². The van der Waals surface area contributed by atoms with Gasteiger partial charge in [0.2, 0.25) is 0 Å². The highest BCUT2D eigenvalue weighted by molar-refractivity contribution is 6.13. The first-order valence-electron chi connectivity index (χ1n) is 13.9. The highest BCUT2D eigenvalue weighted by atomic mass is 19.4. The van der Waals surface area contributed by atoms with Crippen LogP contribution >= 0.6 is 0 Å². The van der Waals surface area contributed by atoms with Crippen molar-refractivity contribution in [3.8, 4) is 0 Å². The van der Waals surface area contributed by atoms with Crippen LogP contribution in [0.5, 0.6) is 0 Å². The molecule has 1 aliphatic rings. The van der Waals surface area contributed by atoms with Gasteiger partial charge in [-0.2, -0.15) is 18.3 Å². The lowest BCUT2D eigenvalue weighted by Crippen LogP contribution is -2.30. The summed E-state index contributed by atoms with van der Waals surface area (Å²) >= 11 is 0. The highest BCUT2D eigenvalue weighted by Gasteiger charge is 2.31. The lowest BCUT2D eigenvalue weighted by molar-refractivity contribution is -0.142. The molecule has 0 aliphatic carbocycles. The number of anilines is 3. The van der Waals surface area contributed by atoms with Gasteiger partial charge in [-0.3, -0.25) is 19.1 Å². The van der Waals surface area contributed by atoms with Crippen LogP contribution in [-0.2, 0) is 17.8 Å². The molecular weight excluding hydrogens is 582 g/mol. The first kappa shape index (κ1) is 30.5. The topological polar surface area (TPSA) is 117 Å². The van der Waals surface area contributed by atoms with E-state index in [1.807, 2.05) is 0 Å². The number of carbonyl (C=O) groups is 3. The first-order chi connectivity index (χ1) is 20.9. The van der Waals surface area contributed by atoms with Crippen LogP contribution in [0.2, 0.25) is 0 Å². The summed E-state index contributed by atoms with van der Waals surface area (Å²) < 4.78 is 54.4. The van der Waals surface area contributed by atoms with E-state index in [2.05, 4.69) is 20.6 Å². The Balaban J connectivity index is 1.50. The van der Waals surface area contributed by atoms with E-state index < -0.39 is 42.7 Å². The Bertz CT molecular complexity index is 1750. The van der Waals surface area contributed by atoms with E-state index >= 15 is 0 Å². The molecule has 230 valence electrons. The second-order valence-corrected chi connectivity index (χ2v) is 10.7. The summed E-state index contributed by atoms with van der Waals surface area (Å²) in [6, 6.07) is 12.8. The van der Waals surface area contributed by atoms with Crippen LogP contribution < -0.4 is 15.5 Å². The number of alkyl halides is 3. The number of carboxylic acids is 1. The zero-order chi connectivity index (χ0) is 31.6. The van der Waals surface area contributed by atoms with Gasteiger partial charge in [-0.1, -0.05) is 11.6 Å². The summed E-state index contributed by atoms with van der Waals surface area (Å²) in [5.74, 6) is -3.25. The largest absolute Gasteiger partial charge is 0.481 e. The summed E-state index contributed by atoms with van der Waals surface area (Å²) in [5, 5.41) is 18.9. The molecule has 1 aromatic heterocycles. The lowest BCUT2D eigenvalue weighted by Gasteiger charge is -2.30. The van der Waals surface area contributed by atoms with Crippen LogP contribution in [0.3, 0.4) is 0 Å². The van der Waals surface area contributed by atoms with Gasteiger partial charge >= 0.3 is 12.1 Å². The average molecular weight is 612 g/mol. The van der Waals surface area contributed by atoms with Crippen molar-refractivity contribution in [1.29, 1.82) is 0 Å². The maximum Gasteiger partial charge on any atom is 0.408 e. The van der Waals surface area contributed by atoms with Crippen molar-refractivity contribution < 1.29 is 37.1 Å². The third-order valence-corrected chi connectivity index (χ3v) is 7.31. The molecule has 2 heterocycles. The lowest BCUT2D eigenvalue weighted by atomic mass is 10.1. The fourth-order valence-electron chi connectivity index (χ4n) is 5.31. The minimum absolute atomic E-state index is 0.0703. The minimum Gasteiger partial charge on any atom is -0.481 e. The number of benzene rings is 3. The summed E-state index contributed by atoms with van der Waals surface area (Å²) in [5.41, 5.74) is 1.85. The number of hydrogen-bond donors (Lipinski definition) is 3. The number of aliphatic carboxylic acids is 1. The van der Waals surface area contributed by atoms with Crippen LogP contribution in [0.25, 0.3) is 10.9 Å². The Morgan fingerprint density at radius 1 is 0.909 bits per heavy atom. The van der Waals surface area contributed by atoms with Crippen LogP contribution in [-0.4, -0.2) is 51.9 Å². The summed E-state index contributed by atoms with van der Waals surface area (Å²) in [7, 11) is 0. The van der Waals surface area contributed by atoms with Gasteiger partial charge in [-0.25, -0.2) is 4.39 Å². The zero-order valence-corrected chi connectivity index (χ0v) is 23.7. The van der Waals surface area contributed by atoms with Gasteiger partial charge in [0.25, 0.3) is 11.8 Å². The maximum atomic E-state index is 13.8. The smallest absolute Gasteiger partial charge is 0.408 e. The Hall–Kier alpha value is -4.94. The number of carbonyl (C=O) groups excluding carboxylic acids is 2. The van der Waals surface area contributed by atoms with Gasteiger partial charge in [0.1, 0.15) is 12.4 Å². The van der Waals surface area contributed by atoms with Crippen LogP contribution in [0, 0.1) is 12.7 Å². The van der Waals surface area contributed by atoms with Crippen molar-refractivity contribution in [2.75, 3.05) is 28.6 Å². The number of amides is 2. The molecule has 5 rings (SSSR count). The number of halogens is 4. The fraction of sp³-hybridized carbons (Fsp3) is 0.290. The fourth-order valence-corrected chi connectivity index (χ4v) is 5.31. The quantitative estimate of drug-likeness (QED) is 0.205. The molecule has 2 amide bonds. The maximum absolute atomic E-state index is 13.8. The summed E-state index contributed by atoms with van der Waals surface area (Å²) in [4.78, 5) is 40.2. The molecule has 0 saturated carbocycles. The molecule has 0 bridgehead atoms. The van der Waals surface area contributed by atoms with Gasteiger partial charge in [-0.15, -0.1) is 0 Å². The van der Waals surface area contributed by atoms with Crippen molar-refractivity contribution in [3.05, 3.63) is 82.8 Å². The molecule has 0 unspecified atom stereocenters. The molecule has 1 fully saturated rings. The number of nitrogens with zero attached hydrogens (tertiary/aromatic N) is 3. The Morgan fingerprint density at radius 3 is 2.34 bits per heavy atom. The van der Waals surface area contributed by atoms with E-state index in [1.165, 1.54) is 18.2 Å². The highest BCUT2D eigenvalue weighted by Crippen LogP contribution is 2.32. The van der Waals surface area contributed by atoms with Gasteiger partial charge in [0.15, 0.2) is 5.69 Å². The van der Waals surface area contributed by atoms with Gasteiger partial charge < -0.3 is 20.6 Å². The van der Waals surface area contributed by atoms with Crippen molar-refractivity contribution in [1.82, 2.24) is 9.78 Å². The van der Waals surface area contributed by atoms with E-state index in [0.717, 1.165) is 41.6 Å². The molecule has 1 aliphatic heterocycles. The van der Waals surface area contributed by atoms with E-state index in [4.69, 9.17) is 0 Å². The van der Waals surface area contributed by atoms with E-state index in [0.29, 0.717) is 18.8 Å². The molecule has 1 saturated heterocycles. The van der Waals surface area contributed by atoms with Crippen molar-refractivity contribution >= 4 is 45.7 Å². The predicted octanol–water partition coefficient (Wildman–Crippen LogP) is 6.17. The standard InChI is InChI=1S/C31H29F4N5O4/c1-18-5-9-25-22(13-18)28(38-40(25)17-31(33,34)35)30(44)37-24-15-19(6-10-26(24)39-11-3-2-4-12-39)29(43)36-23-8-7-21(32)14-20(23)16-27(41)42/h5-10,13-15H,2-4,11-12,16-17H2,1H3,(H,36,43)(H,37,44)(H,41,42). The molecular formula is C31H29F4N5O4. The number of nitrogens with one attached hydrogen (secondary N) is 2. The van der Waals surface area contributed by atoms with Crippen LogP contribution in [0.1, 0.15) is 51.2 Å². The third-order valence-electron chi connectivity index (χ3n) is 7.31. The Morgan fingerprint density at radius 2 is 1.64 bits per heavy atom. The Labute approximate surface area is 249 Å². The number of piperidine rings is 1. The predicted molar refractivity (Wildman–Crippen MR) is 157 cm³/mol. The zero-order valence-electron chi connectivity index (χ0n) is 23.7. The molecule has 13 heteroatoms. The van der Waals surface area contributed by atoms with E-state index in [-0.39, 0.29) is 39.1 Å².